The van der Waals surface area contributed by atoms with Gasteiger partial charge in [-0.05, 0) is 25.1 Å². The molecule has 0 radical (unpaired) electrons. The number of amides is 2. The van der Waals surface area contributed by atoms with E-state index in [0.29, 0.717) is 28.5 Å². The first-order valence-corrected chi connectivity index (χ1v) is 9.46. The summed E-state index contributed by atoms with van der Waals surface area (Å²) in [5.74, 6) is 0.302. The summed E-state index contributed by atoms with van der Waals surface area (Å²) in [6.07, 6.45) is 0. The SMILES string of the molecule is COc1cccc(C2NC(=O)N=C(C)C2C(=O)OCCOc2ccccc2)c1OC. The fraction of sp³-hybridized carbons (Fsp3) is 0.318. The van der Waals surface area contributed by atoms with Crippen molar-refractivity contribution in [1.82, 2.24) is 5.32 Å². The highest BCUT2D eigenvalue weighted by molar-refractivity contribution is 6.08. The summed E-state index contributed by atoms with van der Waals surface area (Å²) in [7, 11) is 3.02. The van der Waals surface area contributed by atoms with Crippen LogP contribution >= 0.6 is 0 Å². The third kappa shape index (κ3) is 4.71. The highest BCUT2D eigenvalue weighted by atomic mass is 16.6. The van der Waals surface area contributed by atoms with E-state index < -0.39 is 24.0 Å². The molecule has 0 aliphatic carbocycles. The Hall–Kier alpha value is -3.55. The Balaban J connectivity index is 1.76. The largest absolute Gasteiger partial charge is 0.493 e. The maximum atomic E-state index is 12.9. The molecule has 2 aromatic rings. The number of methoxy groups -OCH3 is 2. The summed E-state index contributed by atoms with van der Waals surface area (Å²) in [6, 6.07) is 13.3. The number of benzene rings is 2. The van der Waals surface area contributed by atoms with Crippen LogP contribution in [0.1, 0.15) is 18.5 Å². The molecule has 1 aliphatic rings. The van der Waals surface area contributed by atoms with Gasteiger partial charge in [0.15, 0.2) is 11.5 Å². The van der Waals surface area contributed by atoms with Crippen molar-refractivity contribution in [3.63, 3.8) is 0 Å². The summed E-state index contributed by atoms with van der Waals surface area (Å²) >= 11 is 0. The molecule has 30 heavy (non-hydrogen) atoms. The minimum atomic E-state index is -0.805. The van der Waals surface area contributed by atoms with E-state index in [1.165, 1.54) is 14.2 Å². The van der Waals surface area contributed by atoms with E-state index in [4.69, 9.17) is 18.9 Å². The second-order valence-corrected chi connectivity index (χ2v) is 6.57. The first kappa shape index (κ1) is 21.2. The number of carbonyl (C=O) groups is 2. The number of aliphatic imine (C=N–C) groups is 1. The van der Waals surface area contributed by atoms with Crippen LogP contribution in [0.15, 0.2) is 53.5 Å². The van der Waals surface area contributed by atoms with Gasteiger partial charge in [0.1, 0.15) is 24.9 Å². The van der Waals surface area contributed by atoms with E-state index in [0.717, 1.165) is 0 Å². The van der Waals surface area contributed by atoms with Crippen molar-refractivity contribution in [2.75, 3.05) is 27.4 Å². The third-order valence-electron chi connectivity index (χ3n) is 4.70. The first-order valence-electron chi connectivity index (χ1n) is 9.46. The minimum absolute atomic E-state index is 0.0629. The predicted molar refractivity (Wildman–Crippen MR) is 110 cm³/mol. The molecule has 0 saturated heterocycles. The van der Waals surface area contributed by atoms with Crippen molar-refractivity contribution in [2.45, 2.75) is 13.0 Å². The first-order chi connectivity index (χ1) is 14.5. The number of hydrogen-bond donors (Lipinski definition) is 1. The summed E-state index contributed by atoms with van der Waals surface area (Å²) in [5, 5.41) is 2.74. The molecule has 2 amide bonds. The highest BCUT2D eigenvalue weighted by Gasteiger charge is 2.39. The van der Waals surface area contributed by atoms with Gasteiger partial charge >= 0.3 is 12.0 Å². The lowest BCUT2D eigenvalue weighted by Gasteiger charge is -2.30. The number of urea groups is 1. The number of para-hydroxylation sites is 2. The maximum absolute atomic E-state index is 12.9. The molecule has 0 bridgehead atoms. The van der Waals surface area contributed by atoms with Crippen molar-refractivity contribution in [2.24, 2.45) is 10.9 Å². The topological polar surface area (TPSA) is 95.5 Å². The molecule has 8 nitrogen and oxygen atoms in total. The third-order valence-corrected chi connectivity index (χ3v) is 4.70. The quantitative estimate of drug-likeness (QED) is 0.529. The smallest absolute Gasteiger partial charge is 0.341 e. The van der Waals surface area contributed by atoms with Gasteiger partial charge in [-0.3, -0.25) is 4.79 Å². The number of hydrogen-bond acceptors (Lipinski definition) is 6. The molecule has 3 rings (SSSR count). The van der Waals surface area contributed by atoms with Gasteiger partial charge in [0.05, 0.1) is 20.3 Å². The molecule has 2 unspecified atom stereocenters. The minimum Gasteiger partial charge on any atom is -0.493 e. The average molecular weight is 412 g/mol. The van der Waals surface area contributed by atoms with E-state index >= 15 is 0 Å². The number of esters is 1. The van der Waals surface area contributed by atoms with Crippen molar-refractivity contribution >= 4 is 17.7 Å². The Morgan fingerprint density at radius 3 is 2.50 bits per heavy atom. The lowest BCUT2D eigenvalue weighted by atomic mass is 9.87. The molecule has 2 atom stereocenters. The molecule has 0 saturated carbocycles. The monoisotopic (exact) mass is 412 g/mol. The van der Waals surface area contributed by atoms with Crippen LogP contribution in [-0.2, 0) is 9.53 Å². The van der Waals surface area contributed by atoms with E-state index in [1.807, 2.05) is 30.3 Å². The van der Waals surface area contributed by atoms with Gasteiger partial charge in [0.2, 0.25) is 0 Å². The molecule has 1 N–H and O–H groups in total. The zero-order valence-corrected chi connectivity index (χ0v) is 17.1. The molecule has 1 heterocycles. The molecule has 8 heteroatoms. The van der Waals surface area contributed by atoms with Gasteiger partial charge in [-0.25, -0.2) is 9.79 Å². The van der Waals surface area contributed by atoms with Gasteiger partial charge in [0.25, 0.3) is 0 Å². The molecule has 1 aliphatic heterocycles. The molecule has 0 spiro atoms. The van der Waals surface area contributed by atoms with Crippen molar-refractivity contribution in [3.8, 4) is 17.2 Å². The Morgan fingerprint density at radius 1 is 1.03 bits per heavy atom. The van der Waals surface area contributed by atoms with Gasteiger partial charge in [-0.1, -0.05) is 30.3 Å². The molecular formula is C22H24N2O6. The summed E-state index contributed by atoms with van der Waals surface area (Å²) in [6.45, 7) is 1.90. The maximum Gasteiger partial charge on any atom is 0.341 e. The molecular weight excluding hydrogens is 388 g/mol. The van der Waals surface area contributed by atoms with E-state index in [1.54, 1.807) is 25.1 Å². The van der Waals surface area contributed by atoms with E-state index in [-0.39, 0.29) is 13.2 Å². The second-order valence-electron chi connectivity index (χ2n) is 6.57. The van der Waals surface area contributed by atoms with Crippen LogP contribution in [-0.4, -0.2) is 45.1 Å². The zero-order chi connectivity index (χ0) is 21.5. The number of carbonyl (C=O) groups excluding carboxylic acids is 2. The van der Waals surface area contributed by atoms with E-state index in [9.17, 15) is 9.59 Å². The van der Waals surface area contributed by atoms with Gasteiger partial charge in [-0.15, -0.1) is 0 Å². The van der Waals surface area contributed by atoms with Crippen LogP contribution in [0.5, 0.6) is 17.2 Å². The van der Waals surface area contributed by atoms with Crippen LogP contribution in [0, 0.1) is 5.92 Å². The highest BCUT2D eigenvalue weighted by Crippen LogP contribution is 2.39. The Morgan fingerprint density at radius 2 is 1.80 bits per heavy atom. The number of rotatable bonds is 8. The van der Waals surface area contributed by atoms with Gasteiger partial charge < -0.3 is 24.3 Å². The number of nitrogens with zero attached hydrogens (tertiary/aromatic N) is 1. The van der Waals surface area contributed by atoms with Crippen LogP contribution in [0.2, 0.25) is 0 Å². The van der Waals surface area contributed by atoms with E-state index in [2.05, 4.69) is 10.3 Å². The lowest BCUT2D eigenvalue weighted by molar-refractivity contribution is -0.147. The van der Waals surface area contributed by atoms with Gasteiger partial charge in [0, 0.05) is 11.3 Å². The molecule has 0 fully saturated rings. The average Bonchev–Trinajstić information content (AvgIpc) is 2.76. The summed E-state index contributed by atoms with van der Waals surface area (Å²) in [4.78, 5) is 28.8. The van der Waals surface area contributed by atoms with Crippen molar-refractivity contribution < 1.29 is 28.5 Å². The normalized spacial score (nSPS) is 18.1. The lowest BCUT2D eigenvalue weighted by Crippen LogP contribution is -2.44. The summed E-state index contributed by atoms with van der Waals surface area (Å²) in [5.41, 5.74) is 0.963. The summed E-state index contributed by atoms with van der Waals surface area (Å²) < 4.78 is 21.8. The van der Waals surface area contributed by atoms with Gasteiger partial charge in [-0.2, -0.15) is 0 Å². The van der Waals surface area contributed by atoms with Crippen molar-refractivity contribution in [3.05, 3.63) is 54.1 Å². The molecule has 158 valence electrons. The standard InChI is InChI=1S/C22H24N2O6/c1-14-18(21(25)30-13-12-29-15-8-5-4-6-9-15)19(24-22(26)23-14)16-10-7-11-17(27-2)20(16)28-3/h4-11,18-19H,12-13H2,1-3H3,(H,24,26). The fourth-order valence-corrected chi connectivity index (χ4v) is 3.35. The number of ether oxygens (including phenoxy) is 4. The predicted octanol–water partition coefficient (Wildman–Crippen LogP) is 3.17. The van der Waals surface area contributed by atoms with Crippen molar-refractivity contribution in [1.29, 1.82) is 0 Å². The Kier molecular flexibility index (Phi) is 6.90. The Bertz CT molecular complexity index is 928. The second kappa shape index (κ2) is 9.78. The van der Waals surface area contributed by atoms with Crippen LogP contribution in [0.3, 0.4) is 0 Å². The Labute approximate surface area is 174 Å². The van der Waals surface area contributed by atoms with Crippen LogP contribution in [0.4, 0.5) is 4.79 Å². The fourth-order valence-electron chi connectivity index (χ4n) is 3.35. The molecule has 2 aromatic carbocycles. The van der Waals surface area contributed by atoms with Crippen LogP contribution in [0.25, 0.3) is 0 Å². The number of nitrogens with one attached hydrogen (secondary N) is 1. The zero-order valence-electron chi connectivity index (χ0n) is 17.1. The van der Waals surface area contributed by atoms with Crippen LogP contribution < -0.4 is 19.5 Å². The molecule has 0 aromatic heterocycles.